The molecule has 0 fully saturated rings. The van der Waals surface area contributed by atoms with Gasteiger partial charge in [-0.2, -0.15) is 0 Å². The zero-order valence-corrected chi connectivity index (χ0v) is 47.4. The number of unbranched alkanes of at least 4 members (excludes halogenated alkanes) is 26. The number of rotatable bonds is 55. The lowest BCUT2D eigenvalue weighted by Gasteiger charge is -2.18. The van der Waals surface area contributed by atoms with Gasteiger partial charge in [0, 0.05) is 19.4 Å². The fraction of sp³-hybridized carbons (Fsp3) is 0.701. The molecule has 0 heterocycles. The molecule has 1 atom stereocenters. The highest BCUT2D eigenvalue weighted by molar-refractivity contribution is 5.70. The number of hydrogen-bond acceptors (Lipinski definition) is 5. The molecule has 0 spiro atoms. The van der Waals surface area contributed by atoms with Crippen molar-refractivity contribution in [1.82, 2.24) is 0 Å². The predicted molar refractivity (Wildman–Crippen MR) is 316 cm³/mol. The fourth-order valence-electron chi connectivity index (χ4n) is 8.38. The van der Waals surface area contributed by atoms with Crippen molar-refractivity contribution in [2.45, 2.75) is 284 Å². The van der Waals surface area contributed by atoms with Crippen LogP contribution in [0, 0.1) is 0 Å². The van der Waals surface area contributed by atoms with Crippen molar-refractivity contribution in [2.75, 3.05) is 19.8 Å². The fourth-order valence-corrected chi connectivity index (χ4v) is 8.38. The first-order valence-electron chi connectivity index (χ1n) is 30.4. The molecule has 412 valence electrons. The van der Waals surface area contributed by atoms with Crippen LogP contribution < -0.4 is 0 Å². The van der Waals surface area contributed by atoms with E-state index in [2.05, 4.69) is 124 Å². The number of carbonyl (C=O) groups is 2. The lowest BCUT2D eigenvalue weighted by atomic mass is 10.0. The molecule has 0 aliphatic heterocycles. The number of allylic oxidation sites excluding steroid dienone is 18. The molecule has 0 amide bonds. The van der Waals surface area contributed by atoms with Gasteiger partial charge < -0.3 is 14.2 Å². The molecular formula is C67H114O5. The maximum atomic E-state index is 12.9. The highest BCUT2D eigenvalue weighted by Crippen LogP contribution is 2.16. The van der Waals surface area contributed by atoms with Crippen LogP contribution in [0.1, 0.15) is 278 Å². The first-order chi connectivity index (χ1) is 35.6. The molecule has 5 heteroatoms. The first kappa shape index (κ1) is 68.6. The molecule has 0 rings (SSSR count). The van der Waals surface area contributed by atoms with Gasteiger partial charge in [0.25, 0.3) is 0 Å². The maximum absolute atomic E-state index is 12.9. The zero-order valence-electron chi connectivity index (χ0n) is 47.4. The molecule has 0 bridgehead atoms. The minimum Gasteiger partial charge on any atom is -0.462 e. The van der Waals surface area contributed by atoms with Gasteiger partial charge in [-0.05, 0) is 89.9 Å². The number of ether oxygens (including phenoxy) is 3. The summed E-state index contributed by atoms with van der Waals surface area (Å²) in [4.78, 5) is 25.6. The number of hydrogen-bond donors (Lipinski definition) is 0. The number of esters is 2. The normalized spacial score (nSPS) is 13.0. The average Bonchev–Trinajstić information content (AvgIpc) is 3.38. The summed E-state index contributed by atoms with van der Waals surface area (Å²) in [6, 6.07) is 0. The Morgan fingerprint density at radius 3 is 1.06 bits per heavy atom. The first-order valence-corrected chi connectivity index (χ1v) is 30.4. The molecule has 0 aromatic rings. The molecule has 5 nitrogen and oxygen atoms in total. The smallest absolute Gasteiger partial charge is 0.306 e. The summed E-state index contributed by atoms with van der Waals surface area (Å²) in [6.07, 6.45) is 85.6. The van der Waals surface area contributed by atoms with Crippen LogP contribution in [0.4, 0.5) is 0 Å². The van der Waals surface area contributed by atoms with Crippen LogP contribution in [0.2, 0.25) is 0 Å². The van der Waals surface area contributed by atoms with Crippen LogP contribution in [-0.4, -0.2) is 37.9 Å². The Labute approximate surface area is 446 Å². The Hall–Kier alpha value is -3.44. The topological polar surface area (TPSA) is 61.8 Å². The predicted octanol–water partition coefficient (Wildman–Crippen LogP) is 21.1. The van der Waals surface area contributed by atoms with E-state index in [-0.39, 0.29) is 25.2 Å². The van der Waals surface area contributed by atoms with Gasteiger partial charge in [-0.3, -0.25) is 9.59 Å². The molecule has 0 aromatic heterocycles. The molecule has 72 heavy (non-hydrogen) atoms. The minimum atomic E-state index is -0.577. The molecule has 0 N–H and O–H groups in total. The number of carbonyl (C=O) groups excluding carboxylic acids is 2. The van der Waals surface area contributed by atoms with Crippen molar-refractivity contribution < 1.29 is 23.8 Å². The third kappa shape index (κ3) is 59.1. The molecule has 0 saturated carbocycles. The van der Waals surface area contributed by atoms with E-state index in [0.717, 1.165) is 83.5 Å². The highest BCUT2D eigenvalue weighted by Gasteiger charge is 2.17. The zero-order chi connectivity index (χ0) is 52.0. The Bertz CT molecular complexity index is 1410. The minimum absolute atomic E-state index is 0.0390. The van der Waals surface area contributed by atoms with Gasteiger partial charge in [-0.25, -0.2) is 0 Å². The summed E-state index contributed by atoms with van der Waals surface area (Å²) >= 11 is 0. The molecule has 0 aliphatic carbocycles. The van der Waals surface area contributed by atoms with Crippen LogP contribution in [0.15, 0.2) is 109 Å². The van der Waals surface area contributed by atoms with Gasteiger partial charge in [-0.15, -0.1) is 0 Å². The third-order valence-electron chi connectivity index (χ3n) is 12.8. The molecular weight excluding hydrogens is 885 g/mol. The Morgan fingerprint density at radius 2 is 0.653 bits per heavy atom. The Morgan fingerprint density at radius 1 is 0.319 bits per heavy atom. The quantitative estimate of drug-likeness (QED) is 0.0345. The van der Waals surface area contributed by atoms with Crippen LogP contribution in [0.3, 0.4) is 0 Å². The summed E-state index contributed by atoms with van der Waals surface area (Å²) in [6.45, 7) is 7.54. The summed E-state index contributed by atoms with van der Waals surface area (Å²) in [5, 5.41) is 0. The van der Waals surface area contributed by atoms with Gasteiger partial charge in [0.05, 0.1) is 6.61 Å². The molecule has 0 radical (unpaired) electrons. The van der Waals surface area contributed by atoms with Gasteiger partial charge in [0.1, 0.15) is 6.61 Å². The third-order valence-corrected chi connectivity index (χ3v) is 12.8. The van der Waals surface area contributed by atoms with Crippen LogP contribution in [-0.2, 0) is 23.8 Å². The van der Waals surface area contributed by atoms with Crippen molar-refractivity contribution in [3.8, 4) is 0 Å². The molecule has 0 aliphatic rings. The second kappa shape index (κ2) is 61.9. The van der Waals surface area contributed by atoms with E-state index < -0.39 is 6.10 Å². The molecule has 0 saturated heterocycles. The van der Waals surface area contributed by atoms with Crippen LogP contribution in [0.5, 0.6) is 0 Å². The van der Waals surface area contributed by atoms with E-state index in [1.807, 2.05) is 6.08 Å². The van der Waals surface area contributed by atoms with Gasteiger partial charge in [-0.1, -0.05) is 284 Å². The summed E-state index contributed by atoms with van der Waals surface area (Å²) in [5.74, 6) is -0.492. The van der Waals surface area contributed by atoms with Crippen LogP contribution >= 0.6 is 0 Å². The Balaban J connectivity index is 4.39. The van der Waals surface area contributed by atoms with Crippen molar-refractivity contribution in [1.29, 1.82) is 0 Å². The highest BCUT2D eigenvalue weighted by atomic mass is 16.6. The van der Waals surface area contributed by atoms with Crippen molar-refractivity contribution >= 4 is 11.9 Å². The summed E-state index contributed by atoms with van der Waals surface area (Å²) < 4.78 is 17.4. The second-order valence-electron chi connectivity index (χ2n) is 19.8. The van der Waals surface area contributed by atoms with E-state index in [1.54, 1.807) is 0 Å². The Kier molecular flexibility index (Phi) is 58.9. The summed E-state index contributed by atoms with van der Waals surface area (Å²) in [7, 11) is 0. The van der Waals surface area contributed by atoms with Crippen LogP contribution in [0.25, 0.3) is 0 Å². The maximum Gasteiger partial charge on any atom is 0.306 e. The molecule has 1 unspecified atom stereocenters. The van der Waals surface area contributed by atoms with Gasteiger partial charge in [0.15, 0.2) is 6.10 Å². The summed E-state index contributed by atoms with van der Waals surface area (Å²) in [5.41, 5.74) is 0. The van der Waals surface area contributed by atoms with E-state index in [0.29, 0.717) is 25.9 Å². The lowest BCUT2D eigenvalue weighted by Crippen LogP contribution is -2.30. The van der Waals surface area contributed by atoms with E-state index >= 15 is 0 Å². The molecule has 0 aromatic carbocycles. The SMILES string of the molecule is CC/C=C\C/C=C\C/C=C\C/C=C\C/C=C\C/C=C\CCC(=O)OCC(COCCCCCCCCCC/C=C\C/C=C\C/C=C\CC)OC(=O)CCCCCCCCCCCCCCCCCCCCC. The van der Waals surface area contributed by atoms with Crippen molar-refractivity contribution in [3.63, 3.8) is 0 Å². The largest absolute Gasteiger partial charge is 0.462 e. The monoisotopic (exact) mass is 999 g/mol. The standard InChI is InChI=1S/C67H114O5/c1-4-7-10-13-16-19-22-25-28-31-34-36-39-42-45-48-51-54-57-60-66(68)71-64-65(63-70-62-59-56-53-50-47-44-41-38-33-30-27-24-21-18-15-12-9-6-3)72-67(69)61-58-55-52-49-46-43-40-37-35-32-29-26-23-20-17-14-11-8-5-2/h7,9-10,12,16,18-19,21,25,27-28,30,34,36,42,45,51,54,65H,4-6,8,11,13-15,17,20,22-24,26,29,31-33,35,37-41,43-44,46-50,52-53,55-64H2,1-3H3/b10-7-,12-9-,19-16-,21-18-,28-25-,30-27-,36-34-,45-42-,54-51-. The van der Waals surface area contributed by atoms with Crippen molar-refractivity contribution in [3.05, 3.63) is 109 Å². The van der Waals surface area contributed by atoms with E-state index in [1.165, 1.54) is 154 Å². The van der Waals surface area contributed by atoms with E-state index in [9.17, 15) is 9.59 Å². The average molecular weight is 1000 g/mol. The van der Waals surface area contributed by atoms with Gasteiger partial charge in [0.2, 0.25) is 0 Å². The van der Waals surface area contributed by atoms with Gasteiger partial charge >= 0.3 is 11.9 Å². The second-order valence-corrected chi connectivity index (χ2v) is 19.8. The van der Waals surface area contributed by atoms with Crippen molar-refractivity contribution in [2.24, 2.45) is 0 Å². The lowest BCUT2D eigenvalue weighted by molar-refractivity contribution is -0.162. The van der Waals surface area contributed by atoms with E-state index in [4.69, 9.17) is 14.2 Å².